The lowest BCUT2D eigenvalue weighted by Crippen LogP contribution is -2.22. The second kappa shape index (κ2) is 5.50. The zero-order valence-electron chi connectivity index (χ0n) is 9.92. The van der Waals surface area contributed by atoms with Crippen LogP contribution in [0.2, 0.25) is 0 Å². The molecule has 0 saturated carbocycles. The molecule has 0 aliphatic rings. The predicted octanol–water partition coefficient (Wildman–Crippen LogP) is 3.39. The smallest absolute Gasteiger partial charge is 0.129 e. The molecular weight excluding hydrogens is 365 g/mol. The van der Waals surface area contributed by atoms with E-state index in [2.05, 4.69) is 42.3 Å². The lowest BCUT2D eigenvalue weighted by molar-refractivity contribution is 0.550. The molecule has 96 valence electrons. The Labute approximate surface area is 122 Å². The van der Waals surface area contributed by atoms with Crippen LogP contribution in [0.15, 0.2) is 33.3 Å². The maximum atomic E-state index is 14.0. The maximum Gasteiger partial charge on any atom is 0.129 e. The molecule has 2 aromatic rings. The Kier molecular flexibility index (Phi) is 4.19. The SMILES string of the molecule is CNC(c1ccc(Br)cc1F)c1c(Br)cnn1C. The highest BCUT2D eigenvalue weighted by molar-refractivity contribution is 9.10. The Bertz CT molecular complexity index is 549. The van der Waals surface area contributed by atoms with Crippen LogP contribution in [0.1, 0.15) is 17.3 Å². The second-order valence-corrected chi connectivity index (χ2v) is 5.66. The summed E-state index contributed by atoms with van der Waals surface area (Å²) >= 11 is 6.70. The number of benzene rings is 1. The first-order chi connectivity index (χ1) is 8.54. The molecule has 1 atom stereocenters. The molecule has 3 nitrogen and oxygen atoms in total. The fourth-order valence-electron chi connectivity index (χ4n) is 1.92. The van der Waals surface area contributed by atoms with Gasteiger partial charge in [-0.3, -0.25) is 4.68 Å². The molecule has 0 aliphatic carbocycles. The van der Waals surface area contributed by atoms with Crippen LogP contribution in [-0.2, 0) is 7.05 Å². The van der Waals surface area contributed by atoms with Crippen LogP contribution >= 0.6 is 31.9 Å². The van der Waals surface area contributed by atoms with Crippen LogP contribution in [0.5, 0.6) is 0 Å². The van der Waals surface area contributed by atoms with E-state index in [1.54, 1.807) is 24.0 Å². The van der Waals surface area contributed by atoms with Crippen LogP contribution < -0.4 is 5.32 Å². The Morgan fingerprint density at radius 2 is 2.11 bits per heavy atom. The molecule has 0 aliphatic heterocycles. The number of nitrogens with zero attached hydrogens (tertiary/aromatic N) is 2. The topological polar surface area (TPSA) is 29.9 Å². The summed E-state index contributed by atoms with van der Waals surface area (Å²) in [5, 5.41) is 7.27. The summed E-state index contributed by atoms with van der Waals surface area (Å²) in [5.41, 5.74) is 1.48. The van der Waals surface area contributed by atoms with Crippen molar-refractivity contribution in [3.05, 3.63) is 50.4 Å². The first-order valence-electron chi connectivity index (χ1n) is 5.34. The first kappa shape index (κ1) is 13.7. The zero-order valence-corrected chi connectivity index (χ0v) is 13.1. The lowest BCUT2D eigenvalue weighted by Gasteiger charge is -2.18. The third-order valence-corrected chi connectivity index (χ3v) is 3.88. The van der Waals surface area contributed by atoms with E-state index in [-0.39, 0.29) is 11.9 Å². The summed E-state index contributed by atoms with van der Waals surface area (Å²) in [5.74, 6) is -0.253. The molecule has 1 aromatic heterocycles. The van der Waals surface area contributed by atoms with Crippen LogP contribution in [0.3, 0.4) is 0 Å². The summed E-state index contributed by atoms with van der Waals surface area (Å²) in [7, 11) is 3.63. The minimum absolute atomic E-state index is 0.250. The number of nitrogens with one attached hydrogen (secondary N) is 1. The molecule has 0 bridgehead atoms. The summed E-state index contributed by atoms with van der Waals surface area (Å²) in [6.07, 6.45) is 1.70. The molecule has 0 amide bonds. The predicted molar refractivity (Wildman–Crippen MR) is 75.9 cm³/mol. The van der Waals surface area contributed by atoms with Crippen molar-refractivity contribution in [3.63, 3.8) is 0 Å². The summed E-state index contributed by atoms with van der Waals surface area (Å²) < 4.78 is 17.3. The van der Waals surface area contributed by atoms with E-state index in [4.69, 9.17) is 0 Å². The summed E-state index contributed by atoms with van der Waals surface area (Å²) in [6.45, 7) is 0. The zero-order chi connectivity index (χ0) is 13.3. The van der Waals surface area contributed by atoms with E-state index < -0.39 is 0 Å². The Hall–Kier alpha value is -0.720. The molecule has 18 heavy (non-hydrogen) atoms. The fourth-order valence-corrected chi connectivity index (χ4v) is 2.83. The average molecular weight is 377 g/mol. The van der Waals surface area contributed by atoms with Crippen LogP contribution in [0, 0.1) is 5.82 Å². The third kappa shape index (κ3) is 2.50. The van der Waals surface area contributed by atoms with Crippen molar-refractivity contribution >= 4 is 31.9 Å². The van der Waals surface area contributed by atoms with E-state index in [9.17, 15) is 4.39 Å². The van der Waals surface area contributed by atoms with Gasteiger partial charge in [0.25, 0.3) is 0 Å². The summed E-state index contributed by atoms with van der Waals surface area (Å²) in [4.78, 5) is 0. The van der Waals surface area contributed by atoms with Gasteiger partial charge in [-0.2, -0.15) is 5.10 Å². The standard InChI is InChI=1S/C12H12Br2FN3/c1-16-11(12-9(14)6-17-18(12)2)8-4-3-7(13)5-10(8)15/h3-6,11,16H,1-2H3. The molecule has 0 radical (unpaired) electrons. The van der Waals surface area contributed by atoms with E-state index in [1.807, 2.05) is 13.1 Å². The highest BCUT2D eigenvalue weighted by Gasteiger charge is 2.22. The minimum Gasteiger partial charge on any atom is -0.308 e. The number of hydrogen-bond donors (Lipinski definition) is 1. The molecular formula is C12H12Br2FN3. The van der Waals surface area contributed by atoms with Gasteiger partial charge in [0, 0.05) is 17.1 Å². The van der Waals surface area contributed by atoms with Gasteiger partial charge in [-0.05, 0) is 35.1 Å². The van der Waals surface area contributed by atoms with E-state index >= 15 is 0 Å². The Morgan fingerprint density at radius 3 is 2.61 bits per heavy atom. The Morgan fingerprint density at radius 1 is 1.39 bits per heavy atom. The monoisotopic (exact) mass is 375 g/mol. The molecule has 0 fully saturated rings. The quantitative estimate of drug-likeness (QED) is 0.889. The van der Waals surface area contributed by atoms with Gasteiger partial charge in [-0.1, -0.05) is 22.0 Å². The van der Waals surface area contributed by atoms with Crippen molar-refractivity contribution in [1.82, 2.24) is 15.1 Å². The van der Waals surface area contributed by atoms with Gasteiger partial charge < -0.3 is 5.32 Å². The number of halogens is 3. The fraction of sp³-hybridized carbons (Fsp3) is 0.250. The van der Waals surface area contributed by atoms with Crippen molar-refractivity contribution in [2.75, 3.05) is 7.05 Å². The van der Waals surface area contributed by atoms with Gasteiger partial charge in [0.1, 0.15) is 5.82 Å². The largest absolute Gasteiger partial charge is 0.308 e. The van der Waals surface area contributed by atoms with Crippen LogP contribution in [-0.4, -0.2) is 16.8 Å². The molecule has 0 spiro atoms. The number of rotatable bonds is 3. The first-order valence-corrected chi connectivity index (χ1v) is 6.92. The van der Waals surface area contributed by atoms with Crippen molar-refractivity contribution in [2.24, 2.45) is 7.05 Å². The number of hydrogen-bond acceptors (Lipinski definition) is 2. The third-order valence-electron chi connectivity index (χ3n) is 2.77. The number of aryl methyl sites for hydroxylation is 1. The highest BCUT2D eigenvalue weighted by atomic mass is 79.9. The lowest BCUT2D eigenvalue weighted by atomic mass is 10.0. The van der Waals surface area contributed by atoms with E-state index in [0.29, 0.717) is 5.56 Å². The van der Waals surface area contributed by atoms with Gasteiger partial charge in [0.2, 0.25) is 0 Å². The molecule has 1 N–H and O–H groups in total. The van der Waals surface area contributed by atoms with Gasteiger partial charge in [-0.25, -0.2) is 4.39 Å². The van der Waals surface area contributed by atoms with Crippen LogP contribution in [0.25, 0.3) is 0 Å². The molecule has 1 aromatic carbocycles. The Balaban J connectivity index is 2.52. The molecule has 6 heteroatoms. The summed E-state index contributed by atoms with van der Waals surface area (Å²) in [6, 6.07) is 4.80. The molecule has 2 rings (SSSR count). The highest BCUT2D eigenvalue weighted by Crippen LogP contribution is 2.30. The van der Waals surface area contributed by atoms with Gasteiger partial charge in [0.05, 0.1) is 22.4 Å². The van der Waals surface area contributed by atoms with Gasteiger partial charge in [-0.15, -0.1) is 0 Å². The van der Waals surface area contributed by atoms with Gasteiger partial charge >= 0.3 is 0 Å². The average Bonchev–Trinajstić information content (AvgIpc) is 2.64. The molecule has 1 unspecified atom stereocenters. The van der Waals surface area contributed by atoms with Crippen LogP contribution in [0.4, 0.5) is 4.39 Å². The molecule has 1 heterocycles. The van der Waals surface area contributed by atoms with Crippen molar-refractivity contribution in [3.8, 4) is 0 Å². The second-order valence-electron chi connectivity index (χ2n) is 3.89. The van der Waals surface area contributed by atoms with Crippen molar-refractivity contribution in [1.29, 1.82) is 0 Å². The van der Waals surface area contributed by atoms with E-state index in [1.165, 1.54) is 6.07 Å². The minimum atomic E-state index is -0.253. The van der Waals surface area contributed by atoms with Crippen molar-refractivity contribution < 1.29 is 4.39 Å². The van der Waals surface area contributed by atoms with Gasteiger partial charge in [0.15, 0.2) is 0 Å². The molecule has 0 saturated heterocycles. The van der Waals surface area contributed by atoms with Crippen molar-refractivity contribution in [2.45, 2.75) is 6.04 Å². The maximum absolute atomic E-state index is 14.0. The number of aromatic nitrogens is 2. The normalized spacial score (nSPS) is 12.7. The van der Waals surface area contributed by atoms with E-state index in [0.717, 1.165) is 14.6 Å².